The summed E-state index contributed by atoms with van der Waals surface area (Å²) in [5.74, 6) is 1.29. The average Bonchev–Trinajstić information content (AvgIpc) is 2.65. The molecule has 0 bridgehead atoms. The van der Waals surface area contributed by atoms with Gasteiger partial charge in [-0.05, 0) is 24.3 Å². The van der Waals surface area contributed by atoms with Gasteiger partial charge in [0.05, 0.1) is 47.6 Å². The molecule has 0 spiro atoms. The Morgan fingerprint density at radius 1 is 0.792 bits per heavy atom. The van der Waals surface area contributed by atoms with Crippen molar-refractivity contribution in [2.24, 2.45) is 0 Å². The second-order valence-electron chi connectivity index (χ2n) is 4.41. The molecule has 0 aliphatic carbocycles. The van der Waals surface area contributed by atoms with Crippen LogP contribution in [0.25, 0.3) is 0 Å². The Kier molecular flexibility index (Phi) is 6.83. The smallest absolute Gasteiger partial charge is 0.224 e. The zero-order chi connectivity index (χ0) is 17.4. The van der Waals surface area contributed by atoms with Gasteiger partial charge < -0.3 is 9.47 Å². The summed E-state index contributed by atoms with van der Waals surface area (Å²) in [5, 5.41) is 0. The van der Waals surface area contributed by atoms with Crippen LogP contribution in [-0.2, 0) is 9.59 Å². The first-order valence-corrected chi connectivity index (χ1v) is 8.90. The Bertz CT molecular complexity index is 640. The third-order valence-electron chi connectivity index (χ3n) is 3.00. The molecule has 0 fully saturated rings. The third-order valence-corrected chi connectivity index (χ3v) is 5.15. The molecule has 2 rings (SSSR count). The third kappa shape index (κ3) is 4.59. The number of methoxy groups -OCH3 is 2. The number of anilines is 2. The van der Waals surface area contributed by atoms with E-state index in [1.165, 1.54) is 8.61 Å². The molecule has 2 aromatic rings. The number of rotatable bonds is 9. The molecule has 0 heterocycles. The predicted octanol–water partition coefficient (Wildman–Crippen LogP) is 3.54. The largest absolute Gasteiger partial charge is 0.497 e. The first-order chi connectivity index (χ1) is 11.7. The Morgan fingerprint density at radius 2 is 1.21 bits per heavy atom. The van der Waals surface area contributed by atoms with Crippen LogP contribution in [0.2, 0.25) is 0 Å². The summed E-state index contributed by atoms with van der Waals surface area (Å²) < 4.78 is 13.1. The zero-order valence-electron chi connectivity index (χ0n) is 13.1. The molecule has 0 unspecified atom stereocenters. The number of carbonyl (C=O) groups excluding carboxylic acids is 2. The summed E-state index contributed by atoms with van der Waals surface area (Å²) in [6, 6.07) is 14.2. The molecule has 0 aromatic heterocycles. The molecule has 0 N–H and O–H groups in total. The van der Waals surface area contributed by atoms with Gasteiger partial charge in [0.1, 0.15) is 11.5 Å². The summed E-state index contributed by atoms with van der Waals surface area (Å²) in [5.41, 5.74) is 1.30. The van der Waals surface area contributed by atoms with Gasteiger partial charge in [0.15, 0.2) is 0 Å². The van der Waals surface area contributed by atoms with E-state index in [9.17, 15) is 9.59 Å². The van der Waals surface area contributed by atoms with E-state index in [2.05, 4.69) is 0 Å². The first-order valence-electron chi connectivity index (χ1n) is 6.83. The molecular formula is C16H16N2O4S2. The molecule has 0 radical (unpaired) electrons. The summed E-state index contributed by atoms with van der Waals surface area (Å²) in [6.45, 7) is 0. The SMILES string of the molecule is COc1cccc(N(C=O)SSN(C=O)c2cccc(OC)c2)c1. The van der Waals surface area contributed by atoms with Crippen molar-refractivity contribution in [3.63, 3.8) is 0 Å². The summed E-state index contributed by atoms with van der Waals surface area (Å²) in [4.78, 5) is 22.7. The monoisotopic (exact) mass is 364 g/mol. The molecule has 24 heavy (non-hydrogen) atoms. The number of ether oxygens (including phenoxy) is 2. The van der Waals surface area contributed by atoms with Crippen LogP contribution in [0.15, 0.2) is 48.5 Å². The van der Waals surface area contributed by atoms with Crippen LogP contribution in [0.3, 0.4) is 0 Å². The highest BCUT2D eigenvalue weighted by atomic mass is 33.1. The van der Waals surface area contributed by atoms with Gasteiger partial charge in [-0.15, -0.1) is 0 Å². The van der Waals surface area contributed by atoms with E-state index in [0.717, 1.165) is 22.0 Å². The van der Waals surface area contributed by atoms with Crippen LogP contribution >= 0.6 is 22.0 Å². The summed E-state index contributed by atoms with van der Waals surface area (Å²) >= 11 is 0. The quantitative estimate of drug-likeness (QED) is 0.385. The Balaban J connectivity index is 2.09. The van der Waals surface area contributed by atoms with Gasteiger partial charge in [0.25, 0.3) is 0 Å². The van der Waals surface area contributed by atoms with E-state index in [-0.39, 0.29) is 0 Å². The maximum Gasteiger partial charge on any atom is 0.224 e. The van der Waals surface area contributed by atoms with Crippen LogP contribution in [0.4, 0.5) is 11.4 Å². The maximum absolute atomic E-state index is 11.4. The topological polar surface area (TPSA) is 59.1 Å². The minimum Gasteiger partial charge on any atom is -0.497 e. The summed E-state index contributed by atoms with van der Waals surface area (Å²) in [7, 11) is 5.35. The van der Waals surface area contributed by atoms with Crippen molar-refractivity contribution in [1.29, 1.82) is 0 Å². The highest BCUT2D eigenvalue weighted by molar-refractivity contribution is 8.78. The van der Waals surface area contributed by atoms with E-state index in [0.29, 0.717) is 35.7 Å². The lowest BCUT2D eigenvalue weighted by atomic mass is 10.3. The van der Waals surface area contributed by atoms with Crippen molar-refractivity contribution in [2.75, 3.05) is 22.8 Å². The van der Waals surface area contributed by atoms with Gasteiger partial charge in [0.2, 0.25) is 12.8 Å². The maximum atomic E-state index is 11.4. The fourth-order valence-electron chi connectivity index (χ4n) is 1.81. The molecular weight excluding hydrogens is 348 g/mol. The second kappa shape index (κ2) is 9.09. The van der Waals surface area contributed by atoms with Gasteiger partial charge in [-0.25, -0.2) is 8.61 Å². The fraction of sp³-hybridized carbons (Fsp3) is 0.125. The molecule has 0 aliphatic heterocycles. The number of nitrogens with zero attached hydrogens (tertiary/aromatic N) is 2. The van der Waals surface area contributed by atoms with Gasteiger partial charge in [-0.1, -0.05) is 12.1 Å². The van der Waals surface area contributed by atoms with Crippen LogP contribution < -0.4 is 18.1 Å². The van der Waals surface area contributed by atoms with Gasteiger partial charge >= 0.3 is 0 Å². The van der Waals surface area contributed by atoms with E-state index in [4.69, 9.17) is 9.47 Å². The number of benzene rings is 2. The average molecular weight is 364 g/mol. The highest BCUT2D eigenvalue weighted by Gasteiger charge is 2.13. The predicted molar refractivity (Wildman–Crippen MR) is 98.3 cm³/mol. The second-order valence-corrected chi connectivity index (χ2v) is 6.39. The van der Waals surface area contributed by atoms with Crippen molar-refractivity contribution in [2.45, 2.75) is 0 Å². The number of hydrogen-bond donors (Lipinski definition) is 0. The van der Waals surface area contributed by atoms with Crippen molar-refractivity contribution in [3.05, 3.63) is 48.5 Å². The van der Waals surface area contributed by atoms with Crippen LogP contribution in [0.1, 0.15) is 0 Å². The number of carbonyl (C=O) groups is 2. The lowest BCUT2D eigenvalue weighted by Gasteiger charge is -2.20. The van der Waals surface area contributed by atoms with Crippen molar-refractivity contribution < 1.29 is 19.1 Å². The minimum atomic E-state index is 0.644. The lowest BCUT2D eigenvalue weighted by Crippen LogP contribution is -2.15. The first kappa shape index (κ1) is 18.0. The molecule has 0 atom stereocenters. The van der Waals surface area contributed by atoms with E-state index in [1.54, 1.807) is 62.8 Å². The molecule has 0 saturated heterocycles. The van der Waals surface area contributed by atoms with Crippen molar-refractivity contribution in [1.82, 2.24) is 0 Å². The molecule has 6 nitrogen and oxygen atoms in total. The molecule has 2 amide bonds. The minimum absolute atomic E-state index is 0.644. The molecule has 2 aromatic carbocycles. The summed E-state index contributed by atoms with van der Waals surface area (Å²) in [6.07, 6.45) is 1.36. The number of amides is 2. The van der Waals surface area contributed by atoms with Crippen molar-refractivity contribution >= 4 is 46.2 Å². The number of hydrogen-bond acceptors (Lipinski definition) is 6. The Morgan fingerprint density at radius 3 is 1.54 bits per heavy atom. The fourth-order valence-corrected chi connectivity index (χ4v) is 3.58. The standard InChI is InChI=1S/C16H16N2O4S2/c1-21-15-7-3-5-13(9-15)17(11-19)23-24-18(12-20)14-6-4-8-16(10-14)22-2/h3-12H,1-2H3. The van der Waals surface area contributed by atoms with Gasteiger partial charge in [0, 0.05) is 12.1 Å². The van der Waals surface area contributed by atoms with Crippen molar-refractivity contribution in [3.8, 4) is 11.5 Å². The van der Waals surface area contributed by atoms with E-state index >= 15 is 0 Å². The Labute approximate surface area is 148 Å². The Hall–Kier alpha value is -2.32. The van der Waals surface area contributed by atoms with Crippen LogP contribution in [-0.4, -0.2) is 27.0 Å². The molecule has 126 valence electrons. The van der Waals surface area contributed by atoms with Gasteiger partial charge in [-0.3, -0.25) is 9.59 Å². The molecule has 0 aliphatic rings. The van der Waals surface area contributed by atoms with Gasteiger partial charge in [-0.2, -0.15) is 0 Å². The molecule has 0 saturated carbocycles. The van der Waals surface area contributed by atoms with Crippen LogP contribution in [0.5, 0.6) is 11.5 Å². The van der Waals surface area contributed by atoms with E-state index in [1.807, 2.05) is 0 Å². The molecule has 8 heteroatoms. The normalized spacial score (nSPS) is 9.92. The van der Waals surface area contributed by atoms with E-state index < -0.39 is 0 Å². The van der Waals surface area contributed by atoms with Crippen LogP contribution in [0, 0.1) is 0 Å². The zero-order valence-corrected chi connectivity index (χ0v) is 14.8. The lowest BCUT2D eigenvalue weighted by molar-refractivity contribution is -0.107. The highest BCUT2D eigenvalue weighted by Crippen LogP contribution is 2.36.